The topological polar surface area (TPSA) is 70.7 Å². The Morgan fingerprint density at radius 2 is 1.50 bits per heavy atom. The third kappa shape index (κ3) is 7.96. The van der Waals surface area contributed by atoms with Gasteiger partial charge in [0, 0.05) is 29.9 Å². The molecule has 7 heteroatoms. The van der Waals surface area contributed by atoms with Gasteiger partial charge in [-0.05, 0) is 79.5 Å². The molecule has 0 aromatic heterocycles. The number of carbonyl (C=O) groups is 2. The number of amides is 2. The SMILES string of the molecule is CCCN(CCC)C(=O)c1ccc(NC(=S)NC(=O)c2ccc(OCC(C)C)cc2)cc1. The van der Waals surface area contributed by atoms with Crippen LogP contribution >= 0.6 is 12.2 Å². The summed E-state index contributed by atoms with van der Waals surface area (Å²) in [6.45, 7) is 10.4. The molecule has 172 valence electrons. The van der Waals surface area contributed by atoms with E-state index in [1.54, 1.807) is 48.5 Å². The van der Waals surface area contributed by atoms with Gasteiger partial charge in [0.15, 0.2) is 5.11 Å². The molecular weight excluding hydrogens is 422 g/mol. The molecule has 0 fully saturated rings. The number of hydrogen-bond acceptors (Lipinski definition) is 4. The Morgan fingerprint density at radius 3 is 2.03 bits per heavy atom. The molecule has 0 saturated heterocycles. The summed E-state index contributed by atoms with van der Waals surface area (Å²) in [7, 11) is 0. The van der Waals surface area contributed by atoms with E-state index in [9.17, 15) is 9.59 Å². The summed E-state index contributed by atoms with van der Waals surface area (Å²) in [6.07, 6.45) is 1.85. The molecule has 0 unspecified atom stereocenters. The van der Waals surface area contributed by atoms with Crippen molar-refractivity contribution >= 4 is 34.8 Å². The highest BCUT2D eigenvalue weighted by Gasteiger charge is 2.14. The first kappa shape index (κ1) is 25.3. The largest absolute Gasteiger partial charge is 0.493 e. The highest BCUT2D eigenvalue weighted by Crippen LogP contribution is 2.14. The van der Waals surface area contributed by atoms with E-state index in [1.165, 1.54) is 0 Å². The fourth-order valence-corrected chi connectivity index (χ4v) is 3.25. The van der Waals surface area contributed by atoms with Crippen LogP contribution in [-0.4, -0.2) is 41.5 Å². The fourth-order valence-electron chi connectivity index (χ4n) is 3.04. The monoisotopic (exact) mass is 455 g/mol. The van der Waals surface area contributed by atoms with Gasteiger partial charge in [0.05, 0.1) is 6.61 Å². The Kier molecular flexibility index (Phi) is 10.1. The van der Waals surface area contributed by atoms with E-state index in [2.05, 4.69) is 38.3 Å². The lowest BCUT2D eigenvalue weighted by molar-refractivity contribution is 0.0755. The van der Waals surface area contributed by atoms with Crippen molar-refractivity contribution in [2.75, 3.05) is 25.0 Å². The molecule has 32 heavy (non-hydrogen) atoms. The number of thiocarbonyl (C=S) groups is 1. The van der Waals surface area contributed by atoms with Gasteiger partial charge < -0.3 is 15.0 Å². The predicted octanol–water partition coefficient (Wildman–Crippen LogP) is 5.11. The minimum Gasteiger partial charge on any atom is -0.493 e. The summed E-state index contributed by atoms with van der Waals surface area (Å²) >= 11 is 5.26. The van der Waals surface area contributed by atoms with Gasteiger partial charge in [-0.15, -0.1) is 0 Å². The summed E-state index contributed by atoms with van der Waals surface area (Å²) in [5, 5.41) is 5.84. The van der Waals surface area contributed by atoms with E-state index in [0.29, 0.717) is 29.3 Å². The third-order valence-electron chi connectivity index (χ3n) is 4.59. The maximum absolute atomic E-state index is 12.7. The van der Waals surface area contributed by atoms with Crippen LogP contribution in [0.1, 0.15) is 61.3 Å². The number of benzene rings is 2. The van der Waals surface area contributed by atoms with E-state index in [0.717, 1.165) is 31.7 Å². The lowest BCUT2D eigenvalue weighted by atomic mass is 10.1. The molecule has 0 aliphatic heterocycles. The standard InChI is InChI=1S/C25H33N3O3S/c1-5-15-28(16-6-2)24(30)20-7-11-21(12-8-20)26-25(32)27-23(29)19-9-13-22(14-10-19)31-17-18(3)4/h7-14,18H,5-6,15-17H2,1-4H3,(H2,26,27,29,32). The van der Waals surface area contributed by atoms with Crippen LogP contribution in [0.15, 0.2) is 48.5 Å². The predicted molar refractivity (Wildman–Crippen MR) is 133 cm³/mol. The molecule has 0 saturated carbocycles. The zero-order valence-electron chi connectivity index (χ0n) is 19.3. The lowest BCUT2D eigenvalue weighted by Crippen LogP contribution is -2.34. The molecule has 2 rings (SSSR count). The van der Waals surface area contributed by atoms with Crippen LogP contribution < -0.4 is 15.4 Å². The number of rotatable bonds is 10. The Labute approximate surface area is 196 Å². The quantitative estimate of drug-likeness (QED) is 0.487. The van der Waals surface area contributed by atoms with Crippen molar-refractivity contribution in [2.24, 2.45) is 5.92 Å². The number of nitrogens with one attached hydrogen (secondary N) is 2. The molecule has 2 amide bonds. The first-order valence-electron chi connectivity index (χ1n) is 11.1. The van der Waals surface area contributed by atoms with Gasteiger partial charge in [0.25, 0.3) is 11.8 Å². The van der Waals surface area contributed by atoms with E-state index >= 15 is 0 Å². The van der Waals surface area contributed by atoms with Crippen LogP contribution in [0.4, 0.5) is 5.69 Å². The Morgan fingerprint density at radius 1 is 0.938 bits per heavy atom. The normalized spacial score (nSPS) is 10.5. The van der Waals surface area contributed by atoms with E-state index in [4.69, 9.17) is 17.0 Å². The highest BCUT2D eigenvalue weighted by molar-refractivity contribution is 7.80. The minimum atomic E-state index is -0.306. The first-order valence-corrected chi connectivity index (χ1v) is 11.5. The molecule has 0 radical (unpaired) electrons. The van der Waals surface area contributed by atoms with Crippen molar-refractivity contribution in [3.05, 3.63) is 59.7 Å². The van der Waals surface area contributed by atoms with Gasteiger partial charge in [-0.25, -0.2) is 0 Å². The second kappa shape index (κ2) is 12.8. The molecule has 0 aliphatic carbocycles. The highest BCUT2D eigenvalue weighted by atomic mass is 32.1. The molecule has 2 aromatic carbocycles. The van der Waals surface area contributed by atoms with Crippen LogP contribution in [-0.2, 0) is 0 Å². The maximum atomic E-state index is 12.7. The van der Waals surface area contributed by atoms with Gasteiger partial charge in [0.1, 0.15) is 5.75 Å². The van der Waals surface area contributed by atoms with Crippen LogP contribution in [0, 0.1) is 5.92 Å². The van der Waals surface area contributed by atoms with Gasteiger partial charge in [-0.2, -0.15) is 0 Å². The Bertz CT molecular complexity index is 890. The second-order valence-electron chi connectivity index (χ2n) is 8.01. The minimum absolute atomic E-state index is 0.0250. The molecule has 0 atom stereocenters. The Balaban J connectivity index is 1.91. The first-order chi connectivity index (χ1) is 15.3. The smallest absolute Gasteiger partial charge is 0.257 e. The van der Waals surface area contributed by atoms with Crippen LogP contribution in [0.2, 0.25) is 0 Å². The van der Waals surface area contributed by atoms with E-state index in [1.807, 2.05) is 4.90 Å². The molecule has 2 aromatic rings. The van der Waals surface area contributed by atoms with E-state index in [-0.39, 0.29) is 16.9 Å². The molecule has 0 heterocycles. The van der Waals surface area contributed by atoms with Gasteiger partial charge in [-0.1, -0.05) is 27.7 Å². The molecule has 6 nitrogen and oxygen atoms in total. The molecule has 0 spiro atoms. The fraction of sp³-hybridized carbons (Fsp3) is 0.400. The number of carbonyl (C=O) groups excluding carboxylic acids is 2. The number of nitrogens with zero attached hydrogens (tertiary/aromatic N) is 1. The van der Waals surface area contributed by atoms with Crippen molar-refractivity contribution in [3.63, 3.8) is 0 Å². The lowest BCUT2D eigenvalue weighted by Gasteiger charge is -2.21. The van der Waals surface area contributed by atoms with E-state index < -0.39 is 0 Å². The van der Waals surface area contributed by atoms with Crippen molar-refractivity contribution in [3.8, 4) is 5.75 Å². The summed E-state index contributed by atoms with van der Waals surface area (Å²) in [5.41, 5.74) is 1.81. The zero-order valence-corrected chi connectivity index (χ0v) is 20.1. The van der Waals surface area contributed by atoms with Crippen LogP contribution in [0.5, 0.6) is 5.75 Å². The van der Waals surface area contributed by atoms with Crippen molar-refractivity contribution in [1.82, 2.24) is 10.2 Å². The summed E-state index contributed by atoms with van der Waals surface area (Å²) in [6, 6.07) is 14.0. The van der Waals surface area contributed by atoms with Gasteiger partial charge in [0.2, 0.25) is 0 Å². The summed E-state index contributed by atoms with van der Waals surface area (Å²) in [4.78, 5) is 27.0. The van der Waals surface area contributed by atoms with Crippen molar-refractivity contribution < 1.29 is 14.3 Å². The average molecular weight is 456 g/mol. The van der Waals surface area contributed by atoms with Gasteiger partial charge >= 0.3 is 0 Å². The molecule has 0 aliphatic rings. The Hall–Kier alpha value is -2.93. The number of hydrogen-bond donors (Lipinski definition) is 2. The van der Waals surface area contributed by atoms with Crippen LogP contribution in [0.25, 0.3) is 0 Å². The van der Waals surface area contributed by atoms with Gasteiger partial charge in [-0.3, -0.25) is 14.9 Å². The number of ether oxygens (including phenoxy) is 1. The van der Waals surface area contributed by atoms with Crippen LogP contribution in [0.3, 0.4) is 0 Å². The molecule has 2 N–H and O–H groups in total. The number of anilines is 1. The van der Waals surface area contributed by atoms with Crippen molar-refractivity contribution in [1.29, 1.82) is 0 Å². The maximum Gasteiger partial charge on any atom is 0.257 e. The summed E-state index contributed by atoms with van der Waals surface area (Å²) in [5.74, 6) is 0.874. The zero-order chi connectivity index (χ0) is 23.5. The third-order valence-corrected chi connectivity index (χ3v) is 4.80. The molecule has 0 bridgehead atoms. The average Bonchev–Trinajstić information content (AvgIpc) is 2.77. The van der Waals surface area contributed by atoms with Crippen molar-refractivity contribution in [2.45, 2.75) is 40.5 Å². The summed E-state index contributed by atoms with van der Waals surface area (Å²) < 4.78 is 5.63. The second-order valence-corrected chi connectivity index (χ2v) is 8.42. The molecular formula is C25H33N3O3S.